The normalized spacial score (nSPS) is 26.4. The Bertz CT molecular complexity index is 831. The van der Waals surface area contributed by atoms with E-state index in [1.165, 1.54) is 11.8 Å². The fourth-order valence-corrected chi connectivity index (χ4v) is 7.27. The molecule has 0 unspecified atom stereocenters. The molecule has 2 saturated heterocycles. The summed E-state index contributed by atoms with van der Waals surface area (Å²) in [5.74, 6) is 0.379. The predicted octanol–water partition coefficient (Wildman–Crippen LogP) is 2.95. The molecule has 2 fully saturated rings. The second kappa shape index (κ2) is 6.76. The molecule has 3 rings (SSSR count). The highest BCUT2D eigenvalue weighted by Gasteiger charge is 2.49. The number of hydrogen-bond acceptors (Lipinski definition) is 4. The predicted molar refractivity (Wildman–Crippen MR) is 104 cm³/mol. The molecule has 0 radical (unpaired) electrons. The summed E-state index contributed by atoms with van der Waals surface area (Å²) in [6.07, 6.45) is 0.401. The summed E-state index contributed by atoms with van der Waals surface area (Å²) in [5.41, 5.74) is 3.19. The largest absolute Gasteiger partial charge is 0.315 e. The maximum atomic E-state index is 12.2. The Hall–Kier alpha value is -1.34. The molecule has 1 amide bonds. The Balaban J connectivity index is 2.02. The molecule has 1 aromatic carbocycles. The number of amidine groups is 1. The summed E-state index contributed by atoms with van der Waals surface area (Å²) in [6, 6.07) is 5.83. The minimum Gasteiger partial charge on any atom is -0.315 e. The number of carbonyl (C=O) groups excluding carboxylic acids is 1. The number of aliphatic imine (C=N–C) groups is 1. The summed E-state index contributed by atoms with van der Waals surface area (Å²) < 4.78 is 24.2. The number of rotatable bonds is 3. The first kappa shape index (κ1) is 18.5. The number of benzene rings is 1. The zero-order valence-corrected chi connectivity index (χ0v) is 16.7. The first-order valence-corrected chi connectivity index (χ1v) is 11.2. The highest BCUT2D eigenvalue weighted by molar-refractivity contribution is 8.16. The second-order valence-corrected chi connectivity index (χ2v) is 10.6. The van der Waals surface area contributed by atoms with Crippen molar-refractivity contribution >= 4 is 38.4 Å². The third kappa shape index (κ3) is 3.77. The first-order chi connectivity index (χ1) is 11.7. The zero-order valence-electron chi connectivity index (χ0n) is 15.0. The SMILES string of the molecule is Cc1cccc(N2C(=NC(=O)CC(C)C)S[C@@H]3CS(=O)(=O)C[C@H]32)c1C. The summed E-state index contributed by atoms with van der Waals surface area (Å²) in [6.45, 7) is 8.04. The Morgan fingerprint density at radius 3 is 2.72 bits per heavy atom. The summed E-state index contributed by atoms with van der Waals surface area (Å²) >= 11 is 1.43. The van der Waals surface area contributed by atoms with Gasteiger partial charge in [0.2, 0.25) is 5.91 Å². The number of anilines is 1. The van der Waals surface area contributed by atoms with Crippen molar-refractivity contribution in [2.24, 2.45) is 10.9 Å². The van der Waals surface area contributed by atoms with Gasteiger partial charge < -0.3 is 4.90 Å². The number of sulfone groups is 1. The van der Waals surface area contributed by atoms with Crippen molar-refractivity contribution < 1.29 is 13.2 Å². The molecule has 5 nitrogen and oxygen atoms in total. The third-order valence-corrected chi connectivity index (χ3v) is 7.92. The molecular formula is C18H24N2O3S2. The molecule has 2 atom stereocenters. The van der Waals surface area contributed by atoms with E-state index in [9.17, 15) is 13.2 Å². The van der Waals surface area contributed by atoms with Crippen LogP contribution >= 0.6 is 11.8 Å². The van der Waals surface area contributed by atoms with Crippen molar-refractivity contribution in [3.63, 3.8) is 0 Å². The lowest BCUT2D eigenvalue weighted by molar-refractivity contribution is -0.118. The van der Waals surface area contributed by atoms with Gasteiger partial charge in [-0.1, -0.05) is 37.7 Å². The molecule has 2 heterocycles. The van der Waals surface area contributed by atoms with E-state index in [1.807, 2.05) is 50.8 Å². The monoisotopic (exact) mass is 380 g/mol. The van der Waals surface area contributed by atoms with Crippen LogP contribution in [0.2, 0.25) is 0 Å². The number of fused-ring (bicyclic) bond motifs is 1. The van der Waals surface area contributed by atoms with Crippen molar-refractivity contribution in [3.05, 3.63) is 29.3 Å². The van der Waals surface area contributed by atoms with Crippen LogP contribution in [-0.4, -0.2) is 42.3 Å². The van der Waals surface area contributed by atoms with Crippen LogP contribution in [0.3, 0.4) is 0 Å². The maximum absolute atomic E-state index is 12.2. The van der Waals surface area contributed by atoms with E-state index in [0.717, 1.165) is 16.8 Å². The van der Waals surface area contributed by atoms with Gasteiger partial charge in [-0.3, -0.25) is 4.79 Å². The lowest BCUT2D eigenvalue weighted by atomic mass is 10.1. The van der Waals surface area contributed by atoms with Crippen LogP contribution in [0, 0.1) is 19.8 Å². The van der Waals surface area contributed by atoms with Crippen molar-refractivity contribution in [3.8, 4) is 0 Å². The van der Waals surface area contributed by atoms with E-state index < -0.39 is 9.84 Å². The quantitative estimate of drug-likeness (QED) is 0.806. The van der Waals surface area contributed by atoms with Gasteiger partial charge in [0.05, 0.1) is 17.5 Å². The molecule has 25 heavy (non-hydrogen) atoms. The van der Waals surface area contributed by atoms with Crippen LogP contribution in [0.4, 0.5) is 5.69 Å². The van der Waals surface area contributed by atoms with Gasteiger partial charge in [-0.05, 0) is 37.0 Å². The van der Waals surface area contributed by atoms with Gasteiger partial charge >= 0.3 is 0 Å². The van der Waals surface area contributed by atoms with Crippen molar-refractivity contribution in [2.75, 3.05) is 16.4 Å². The van der Waals surface area contributed by atoms with Gasteiger partial charge in [0, 0.05) is 17.4 Å². The van der Waals surface area contributed by atoms with Crippen LogP contribution in [0.5, 0.6) is 0 Å². The van der Waals surface area contributed by atoms with E-state index in [-0.39, 0.29) is 34.6 Å². The number of nitrogens with zero attached hydrogens (tertiary/aromatic N) is 2. The van der Waals surface area contributed by atoms with Crippen LogP contribution in [-0.2, 0) is 14.6 Å². The minimum atomic E-state index is -3.04. The fraction of sp³-hybridized carbons (Fsp3) is 0.556. The molecule has 0 N–H and O–H groups in total. The number of amides is 1. The lowest BCUT2D eigenvalue weighted by Gasteiger charge is -2.27. The highest BCUT2D eigenvalue weighted by Crippen LogP contribution is 2.42. The number of carbonyl (C=O) groups is 1. The molecule has 7 heteroatoms. The van der Waals surface area contributed by atoms with Gasteiger partial charge in [-0.2, -0.15) is 4.99 Å². The molecule has 0 saturated carbocycles. The van der Waals surface area contributed by atoms with Crippen LogP contribution < -0.4 is 4.90 Å². The summed E-state index contributed by atoms with van der Waals surface area (Å²) in [4.78, 5) is 18.6. The van der Waals surface area contributed by atoms with Crippen molar-refractivity contribution in [1.29, 1.82) is 0 Å². The molecule has 0 spiro atoms. The maximum Gasteiger partial charge on any atom is 0.248 e. The number of aryl methyl sites for hydroxylation is 1. The molecule has 136 valence electrons. The summed E-state index contributed by atoms with van der Waals surface area (Å²) in [5, 5.41) is 0.583. The Morgan fingerprint density at radius 1 is 1.32 bits per heavy atom. The smallest absolute Gasteiger partial charge is 0.248 e. The van der Waals surface area contributed by atoms with Crippen molar-refractivity contribution in [2.45, 2.75) is 45.4 Å². The molecule has 2 aliphatic rings. The van der Waals surface area contributed by atoms with Crippen LogP contribution in [0.25, 0.3) is 0 Å². The molecule has 0 aromatic heterocycles. The third-order valence-electron chi connectivity index (χ3n) is 4.71. The second-order valence-electron chi connectivity index (χ2n) is 7.28. The lowest BCUT2D eigenvalue weighted by Crippen LogP contribution is -2.38. The number of hydrogen-bond donors (Lipinski definition) is 0. The molecular weight excluding hydrogens is 356 g/mol. The van der Waals surface area contributed by atoms with E-state index >= 15 is 0 Å². The van der Waals surface area contributed by atoms with E-state index in [4.69, 9.17) is 0 Å². The van der Waals surface area contributed by atoms with E-state index in [1.54, 1.807) is 0 Å². The first-order valence-electron chi connectivity index (χ1n) is 8.52. The van der Waals surface area contributed by atoms with Gasteiger partial charge in [0.1, 0.15) is 0 Å². The van der Waals surface area contributed by atoms with Crippen LogP contribution in [0.15, 0.2) is 23.2 Å². The molecule has 0 aliphatic carbocycles. The van der Waals surface area contributed by atoms with E-state index in [2.05, 4.69) is 4.99 Å². The number of thioether (sulfide) groups is 1. The van der Waals surface area contributed by atoms with Crippen LogP contribution in [0.1, 0.15) is 31.4 Å². The average Bonchev–Trinajstić information content (AvgIpc) is 2.92. The Morgan fingerprint density at radius 2 is 2.04 bits per heavy atom. The zero-order chi connectivity index (χ0) is 18.4. The molecule has 0 bridgehead atoms. The fourth-order valence-electron chi connectivity index (χ4n) is 3.34. The van der Waals surface area contributed by atoms with Gasteiger partial charge in [-0.25, -0.2) is 8.42 Å². The van der Waals surface area contributed by atoms with Crippen molar-refractivity contribution in [1.82, 2.24) is 0 Å². The topological polar surface area (TPSA) is 66.8 Å². The standard InChI is InChI=1S/C18H24N2O3S2/c1-11(2)8-17(21)19-18-20(14-7-5-6-12(3)13(14)4)15-9-25(22,23)10-16(15)24-18/h5-7,11,15-16H,8-10H2,1-4H3/t15-,16-/m1/s1. The van der Waals surface area contributed by atoms with Gasteiger partial charge in [0.15, 0.2) is 15.0 Å². The van der Waals surface area contributed by atoms with E-state index in [0.29, 0.717) is 11.6 Å². The Kier molecular flexibility index (Phi) is 4.99. The molecule has 2 aliphatic heterocycles. The van der Waals surface area contributed by atoms with Gasteiger partial charge in [-0.15, -0.1) is 0 Å². The highest BCUT2D eigenvalue weighted by atomic mass is 32.2. The Labute approximate surface area is 153 Å². The van der Waals surface area contributed by atoms with Gasteiger partial charge in [0.25, 0.3) is 0 Å². The summed E-state index contributed by atoms with van der Waals surface area (Å²) in [7, 11) is -3.04. The minimum absolute atomic E-state index is 0.0597. The average molecular weight is 381 g/mol. The molecule has 1 aromatic rings.